The Hall–Kier alpha value is -3.42. The maximum Gasteiger partial charge on any atom is 0.191 e. The Morgan fingerprint density at radius 2 is 2.06 bits per heavy atom. The number of anilines is 1. The molecular weight excluding hydrogens is 393 g/mol. The largest absolute Gasteiger partial charge is 0.352 e. The summed E-state index contributed by atoms with van der Waals surface area (Å²) in [6.07, 6.45) is 6.34. The third-order valence-corrected chi connectivity index (χ3v) is 5.52. The Kier molecular flexibility index (Phi) is 6.45. The number of rotatable bonds is 6. The van der Waals surface area contributed by atoms with Crippen molar-refractivity contribution in [2.75, 3.05) is 25.0 Å². The fourth-order valence-electron chi connectivity index (χ4n) is 3.86. The van der Waals surface area contributed by atoms with E-state index in [1.807, 2.05) is 24.2 Å². The number of pyridine rings is 1. The van der Waals surface area contributed by atoms with E-state index in [1.54, 1.807) is 19.3 Å². The minimum Gasteiger partial charge on any atom is -0.352 e. The normalized spacial score (nSPS) is 16.5. The predicted molar refractivity (Wildman–Crippen MR) is 121 cm³/mol. The molecule has 0 aliphatic carbocycles. The molecule has 0 saturated carbocycles. The first-order chi connectivity index (χ1) is 15.1. The van der Waals surface area contributed by atoms with E-state index in [9.17, 15) is 4.39 Å². The molecule has 0 amide bonds. The number of nitrogens with zero attached hydrogens (tertiary/aromatic N) is 5. The monoisotopic (exact) mass is 421 g/mol. The molecule has 31 heavy (non-hydrogen) atoms. The van der Waals surface area contributed by atoms with Crippen LogP contribution in [0.1, 0.15) is 23.4 Å². The summed E-state index contributed by atoms with van der Waals surface area (Å²) in [5.41, 5.74) is 2.41. The third kappa shape index (κ3) is 5.20. The highest BCUT2D eigenvalue weighted by atomic mass is 19.1. The van der Waals surface area contributed by atoms with Gasteiger partial charge in [-0.05, 0) is 36.6 Å². The second-order valence-corrected chi connectivity index (χ2v) is 7.73. The van der Waals surface area contributed by atoms with E-state index in [0.29, 0.717) is 18.9 Å². The summed E-state index contributed by atoms with van der Waals surface area (Å²) in [4.78, 5) is 14.8. The smallest absolute Gasteiger partial charge is 0.191 e. The van der Waals surface area contributed by atoms with Crippen LogP contribution in [-0.2, 0) is 13.1 Å². The molecular formula is C23H28FN7. The minimum absolute atomic E-state index is 0.183. The topological polar surface area (TPSA) is 70.4 Å². The van der Waals surface area contributed by atoms with Gasteiger partial charge in [-0.25, -0.2) is 14.4 Å². The number of imidazole rings is 1. The van der Waals surface area contributed by atoms with Crippen molar-refractivity contribution in [3.63, 3.8) is 0 Å². The molecule has 8 heteroatoms. The van der Waals surface area contributed by atoms with E-state index in [1.165, 1.54) is 17.2 Å². The minimum atomic E-state index is -0.281. The first kappa shape index (κ1) is 20.8. The van der Waals surface area contributed by atoms with Gasteiger partial charge in [0.2, 0.25) is 0 Å². The van der Waals surface area contributed by atoms with Gasteiger partial charge in [0.05, 0.1) is 0 Å². The van der Waals surface area contributed by atoms with Gasteiger partial charge in [-0.3, -0.25) is 4.99 Å². The Balaban J connectivity index is 1.31. The van der Waals surface area contributed by atoms with E-state index in [4.69, 9.17) is 0 Å². The summed E-state index contributed by atoms with van der Waals surface area (Å²) in [6, 6.07) is 11.7. The van der Waals surface area contributed by atoms with E-state index < -0.39 is 0 Å². The standard InChI is InChI=1S/C23H28FN7/c1-17-26-10-12-30(17)15-19-6-3-5-18(13-19)14-28-23(25-2)29-20-8-11-31(16-20)22-21(24)7-4-9-27-22/h3-7,9-10,12-13,20H,8,11,14-16H2,1-2H3,(H2,25,28,29). The number of aromatic nitrogens is 3. The molecule has 2 aromatic heterocycles. The van der Waals surface area contributed by atoms with Crippen LogP contribution in [0.15, 0.2) is 60.0 Å². The SMILES string of the molecule is CN=C(NCc1cccc(Cn2ccnc2C)c1)NC1CCN(c2ncccc2F)C1. The predicted octanol–water partition coefficient (Wildman–Crippen LogP) is 2.72. The molecule has 1 atom stereocenters. The van der Waals surface area contributed by atoms with Crippen molar-refractivity contribution in [2.24, 2.45) is 4.99 Å². The molecule has 7 nitrogen and oxygen atoms in total. The lowest BCUT2D eigenvalue weighted by Crippen LogP contribution is -2.44. The van der Waals surface area contributed by atoms with E-state index in [0.717, 1.165) is 31.3 Å². The molecule has 0 bridgehead atoms. The third-order valence-electron chi connectivity index (χ3n) is 5.52. The van der Waals surface area contributed by atoms with Gasteiger partial charge < -0.3 is 20.1 Å². The summed E-state index contributed by atoms with van der Waals surface area (Å²) in [6.45, 7) is 4.93. The Morgan fingerprint density at radius 1 is 1.19 bits per heavy atom. The number of hydrogen-bond acceptors (Lipinski definition) is 4. The summed E-state index contributed by atoms with van der Waals surface area (Å²) < 4.78 is 16.1. The van der Waals surface area contributed by atoms with Crippen molar-refractivity contribution in [3.05, 3.63) is 77.8 Å². The molecule has 1 aliphatic heterocycles. The average molecular weight is 422 g/mol. The van der Waals surface area contributed by atoms with Crippen LogP contribution < -0.4 is 15.5 Å². The zero-order chi connectivity index (χ0) is 21.6. The number of nitrogens with one attached hydrogen (secondary N) is 2. The van der Waals surface area contributed by atoms with E-state index in [-0.39, 0.29) is 11.9 Å². The molecule has 162 valence electrons. The number of aryl methyl sites for hydroxylation is 1. The van der Waals surface area contributed by atoms with Gasteiger partial charge in [0.1, 0.15) is 5.82 Å². The van der Waals surface area contributed by atoms with Gasteiger partial charge >= 0.3 is 0 Å². The van der Waals surface area contributed by atoms with Crippen molar-refractivity contribution in [1.29, 1.82) is 0 Å². The molecule has 1 unspecified atom stereocenters. The van der Waals surface area contributed by atoms with Gasteiger partial charge in [-0.1, -0.05) is 24.3 Å². The Morgan fingerprint density at radius 3 is 2.84 bits per heavy atom. The molecule has 1 saturated heterocycles. The summed E-state index contributed by atoms with van der Waals surface area (Å²) in [7, 11) is 1.76. The van der Waals surface area contributed by atoms with Crippen molar-refractivity contribution in [1.82, 2.24) is 25.2 Å². The molecule has 2 N–H and O–H groups in total. The number of hydrogen-bond donors (Lipinski definition) is 2. The first-order valence-corrected chi connectivity index (χ1v) is 10.5. The fraction of sp³-hybridized carbons (Fsp3) is 0.348. The molecule has 0 radical (unpaired) electrons. The van der Waals surface area contributed by atoms with Crippen LogP contribution in [0.5, 0.6) is 0 Å². The highest BCUT2D eigenvalue weighted by molar-refractivity contribution is 5.80. The van der Waals surface area contributed by atoms with Gasteiger partial charge in [-0.2, -0.15) is 0 Å². The van der Waals surface area contributed by atoms with Crippen LogP contribution in [0, 0.1) is 12.7 Å². The van der Waals surface area contributed by atoms with Crippen LogP contribution in [0.4, 0.5) is 10.2 Å². The second kappa shape index (κ2) is 9.59. The van der Waals surface area contributed by atoms with Gasteiger partial charge in [0.15, 0.2) is 17.6 Å². The zero-order valence-electron chi connectivity index (χ0n) is 17.9. The second-order valence-electron chi connectivity index (χ2n) is 7.73. The molecule has 1 aromatic carbocycles. The summed E-state index contributed by atoms with van der Waals surface area (Å²) in [5, 5.41) is 6.84. The number of guanidine groups is 1. The maximum absolute atomic E-state index is 14.0. The highest BCUT2D eigenvalue weighted by Gasteiger charge is 2.25. The average Bonchev–Trinajstić information content (AvgIpc) is 3.41. The molecule has 1 fully saturated rings. The molecule has 0 spiro atoms. The van der Waals surface area contributed by atoms with Gasteiger partial charge in [-0.15, -0.1) is 0 Å². The maximum atomic E-state index is 14.0. The van der Waals surface area contributed by atoms with Crippen LogP contribution in [0.3, 0.4) is 0 Å². The number of aliphatic imine (C=N–C) groups is 1. The highest BCUT2D eigenvalue weighted by Crippen LogP contribution is 2.20. The zero-order valence-corrected chi connectivity index (χ0v) is 17.9. The van der Waals surface area contributed by atoms with Gasteiger partial charge in [0.25, 0.3) is 0 Å². The van der Waals surface area contributed by atoms with E-state index >= 15 is 0 Å². The van der Waals surface area contributed by atoms with Crippen molar-refractivity contribution in [3.8, 4) is 0 Å². The molecule has 3 aromatic rings. The quantitative estimate of drug-likeness (QED) is 0.473. The lowest BCUT2D eigenvalue weighted by Gasteiger charge is -2.20. The number of halogens is 1. The lowest BCUT2D eigenvalue weighted by molar-refractivity contribution is 0.612. The van der Waals surface area contributed by atoms with Crippen molar-refractivity contribution in [2.45, 2.75) is 32.5 Å². The van der Waals surface area contributed by atoms with Crippen molar-refractivity contribution < 1.29 is 4.39 Å². The lowest BCUT2D eigenvalue weighted by atomic mass is 10.1. The number of benzene rings is 1. The van der Waals surface area contributed by atoms with Crippen LogP contribution in [-0.4, -0.2) is 46.7 Å². The fourth-order valence-corrected chi connectivity index (χ4v) is 3.86. The Bertz CT molecular complexity index is 1050. The molecule has 3 heterocycles. The Labute approximate surface area is 182 Å². The van der Waals surface area contributed by atoms with E-state index in [2.05, 4.69) is 54.4 Å². The van der Waals surface area contributed by atoms with Gasteiger partial charge in [0, 0.05) is 57.9 Å². The first-order valence-electron chi connectivity index (χ1n) is 10.5. The van der Waals surface area contributed by atoms with Crippen LogP contribution >= 0.6 is 0 Å². The summed E-state index contributed by atoms with van der Waals surface area (Å²) >= 11 is 0. The molecule has 1 aliphatic rings. The van der Waals surface area contributed by atoms with Crippen LogP contribution in [0.2, 0.25) is 0 Å². The molecule has 4 rings (SSSR count). The van der Waals surface area contributed by atoms with Crippen LogP contribution in [0.25, 0.3) is 0 Å². The summed E-state index contributed by atoms with van der Waals surface area (Å²) in [5.74, 6) is 1.88. The van der Waals surface area contributed by atoms with Crippen molar-refractivity contribution >= 4 is 11.8 Å².